The van der Waals surface area contributed by atoms with Gasteiger partial charge in [-0.25, -0.2) is 4.84 Å². The van der Waals surface area contributed by atoms with Crippen molar-refractivity contribution in [3.63, 3.8) is 0 Å². The number of hydrogen-bond donors (Lipinski definition) is 2. The van der Waals surface area contributed by atoms with Gasteiger partial charge in [-0.15, -0.1) is 0 Å². The molecule has 1 aromatic rings. The van der Waals surface area contributed by atoms with E-state index in [2.05, 4.69) is 24.8 Å². The smallest absolute Gasteiger partial charge is 0.0987 e. The van der Waals surface area contributed by atoms with E-state index in [1.54, 1.807) is 0 Å². The van der Waals surface area contributed by atoms with Crippen molar-refractivity contribution in [3.8, 4) is 0 Å². The number of rotatable bonds is 5. The Morgan fingerprint density at radius 2 is 1.93 bits per heavy atom. The molecule has 0 aliphatic carbocycles. The van der Waals surface area contributed by atoms with Crippen LogP contribution in [0.2, 0.25) is 0 Å². The van der Waals surface area contributed by atoms with E-state index in [9.17, 15) is 0 Å². The summed E-state index contributed by atoms with van der Waals surface area (Å²) in [5.74, 6) is 0.605. The summed E-state index contributed by atoms with van der Waals surface area (Å²) in [6, 6.07) is 7.88. The van der Waals surface area contributed by atoms with Gasteiger partial charge in [0.2, 0.25) is 0 Å². The lowest BCUT2D eigenvalue weighted by molar-refractivity contribution is -0.497. The van der Waals surface area contributed by atoms with Crippen molar-refractivity contribution in [2.45, 2.75) is 26.9 Å². The Morgan fingerprint density at radius 3 is 2.53 bits per heavy atom. The number of nitrogens with zero attached hydrogens (tertiary/aromatic N) is 1. The van der Waals surface area contributed by atoms with Crippen LogP contribution in [0.1, 0.15) is 25.0 Å². The molecule has 0 amide bonds. The van der Waals surface area contributed by atoms with Crippen LogP contribution in [0, 0.1) is 5.92 Å². The van der Waals surface area contributed by atoms with Gasteiger partial charge in [0.25, 0.3) is 0 Å². The fourth-order valence-electron chi connectivity index (χ4n) is 1.45. The third-order valence-electron chi connectivity index (χ3n) is 1.98. The maximum Gasteiger partial charge on any atom is 0.0987 e. The highest BCUT2D eigenvalue weighted by atomic mass is 17.1. The molecular weight excluding hydrogens is 194 g/mol. The Morgan fingerprint density at radius 1 is 1.27 bits per heavy atom. The highest BCUT2D eigenvalue weighted by Gasteiger charge is 2.01. The molecule has 0 atom stereocenters. The monoisotopic (exact) mass is 211 g/mol. The van der Waals surface area contributed by atoms with Gasteiger partial charge < -0.3 is 0 Å². The molecule has 1 rings (SSSR count). The topological polar surface area (TPSA) is 52.9 Å². The van der Waals surface area contributed by atoms with Crippen molar-refractivity contribution < 1.29 is 15.3 Å². The lowest BCUT2D eigenvalue weighted by Crippen LogP contribution is -2.13. The van der Waals surface area contributed by atoms with Gasteiger partial charge in [0.05, 0.1) is 12.0 Å². The summed E-state index contributed by atoms with van der Waals surface area (Å²) in [6.45, 7) is 4.47. The molecule has 0 heterocycles. The van der Waals surface area contributed by atoms with Gasteiger partial charge in [0, 0.05) is 0 Å². The molecule has 0 unspecified atom stereocenters. The van der Waals surface area contributed by atoms with Crippen molar-refractivity contribution in [3.05, 3.63) is 35.4 Å². The quantitative estimate of drug-likeness (QED) is 0.734. The van der Waals surface area contributed by atoms with Gasteiger partial charge in [0.15, 0.2) is 0 Å². The van der Waals surface area contributed by atoms with Crippen LogP contribution in [0.5, 0.6) is 0 Å². The first-order chi connectivity index (χ1) is 7.08. The van der Waals surface area contributed by atoms with Gasteiger partial charge in [-0.05, 0) is 23.5 Å². The summed E-state index contributed by atoms with van der Waals surface area (Å²) in [5, 5.41) is 16.5. The standard InChI is InChI=1S/C11H17NO3/c1-9(2)6-10-4-3-5-11(7-10)8-15-12(13)14/h3-5,7,9,13-14H,6,8H2,1-2H3. The zero-order valence-corrected chi connectivity index (χ0v) is 9.05. The van der Waals surface area contributed by atoms with Crippen molar-refractivity contribution >= 4 is 0 Å². The molecule has 0 aromatic heterocycles. The van der Waals surface area contributed by atoms with Gasteiger partial charge in [0.1, 0.15) is 0 Å². The summed E-state index contributed by atoms with van der Waals surface area (Å²) >= 11 is 0. The van der Waals surface area contributed by atoms with E-state index in [1.807, 2.05) is 18.2 Å². The molecule has 0 saturated heterocycles. The molecule has 0 bridgehead atoms. The highest BCUT2D eigenvalue weighted by molar-refractivity contribution is 5.23. The van der Waals surface area contributed by atoms with Crippen LogP contribution in [-0.4, -0.2) is 15.8 Å². The van der Waals surface area contributed by atoms with Crippen LogP contribution in [-0.2, 0) is 17.9 Å². The molecule has 4 nitrogen and oxygen atoms in total. The Hall–Kier alpha value is -0.940. The molecule has 15 heavy (non-hydrogen) atoms. The molecule has 0 radical (unpaired) electrons. The van der Waals surface area contributed by atoms with E-state index < -0.39 is 0 Å². The second-order valence-electron chi connectivity index (χ2n) is 3.94. The summed E-state index contributed by atoms with van der Waals surface area (Å²) in [6.07, 6.45) is 1.01. The second-order valence-corrected chi connectivity index (χ2v) is 3.94. The minimum absolute atomic E-state index is 0.152. The molecule has 0 aliphatic heterocycles. The third-order valence-corrected chi connectivity index (χ3v) is 1.98. The zero-order valence-electron chi connectivity index (χ0n) is 9.05. The lowest BCUT2D eigenvalue weighted by atomic mass is 10.0. The van der Waals surface area contributed by atoms with E-state index in [1.165, 1.54) is 5.56 Å². The van der Waals surface area contributed by atoms with Crippen LogP contribution in [0.25, 0.3) is 0 Å². The minimum Gasteiger partial charge on any atom is -0.266 e. The fraction of sp³-hybridized carbons (Fsp3) is 0.455. The zero-order chi connectivity index (χ0) is 11.3. The summed E-state index contributed by atoms with van der Waals surface area (Å²) in [7, 11) is 0. The van der Waals surface area contributed by atoms with Crippen LogP contribution < -0.4 is 0 Å². The van der Waals surface area contributed by atoms with Gasteiger partial charge in [-0.1, -0.05) is 38.1 Å². The predicted octanol–water partition coefficient (Wildman–Crippen LogP) is 2.40. The predicted molar refractivity (Wildman–Crippen MR) is 55.2 cm³/mol. The molecule has 0 aliphatic rings. The SMILES string of the molecule is CC(C)Cc1cccc(CON(O)O)c1. The van der Waals surface area contributed by atoms with E-state index in [0.29, 0.717) is 5.92 Å². The van der Waals surface area contributed by atoms with Gasteiger partial charge in [-0.2, -0.15) is 0 Å². The molecule has 2 N–H and O–H groups in total. The summed E-state index contributed by atoms with van der Waals surface area (Å²) in [5.41, 5.74) is 2.15. The third kappa shape index (κ3) is 4.90. The van der Waals surface area contributed by atoms with E-state index in [-0.39, 0.29) is 12.0 Å². The summed E-state index contributed by atoms with van der Waals surface area (Å²) < 4.78 is 0. The van der Waals surface area contributed by atoms with Crippen molar-refractivity contribution in [1.29, 1.82) is 0 Å². The number of hydrogen-bond acceptors (Lipinski definition) is 4. The first-order valence-electron chi connectivity index (χ1n) is 4.96. The normalized spacial score (nSPS) is 11.3. The molecule has 0 saturated carbocycles. The van der Waals surface area contributed by atoms with Crippen LogP contribution in [0.4, 0.5) is 0 Å². The lowest BCUT2D eigenvalue weighted by Gasteiger charge is -2.09. The van der Waals surface area contributed by atoms with Crippen LogP contribution in [0.3, 0.4) is 0 Å². The van der Waals surface area contributed by atoms with Crippen LogP contribution in [0.15, 0.2) is 24.3 Å². The first kappa shape index (κ1) is 12.1. The van der Waals surface area contributed by atoms with Crippen molar-refractivity contribution in [2.24, 2.45) is 5.92 Å². The molecular formula is C11H17NO3. The van der Waals surface area contributed by atoms with Crippen LogP contribution >= 0.6 is 0 Å². The van der Waals surface area contributed by atoms with Crippen molar-refractivity contribution in [2.75, 3.05) is 0 Å². The van der Waals surface area contributed by atoms with Crippen molar-refractivity contribution in [1.82, 2.24) is 5.39 Å². The Kier molecular flexibility index (Phi) is 4.71. The maximum atomic E-state index is 8.40. The average Bonchev–Trinajstić information content (AvgIpc) is 2.14. The molecule has 0 fully saturated rings. The molecule has 0 spiro atoms. The highest BCUT2D eigenvalue weighted by Crippen LogP contribution is 2.11. The molecule has 84 valence electrons. The number of benzene rings is 1. The second kappa shape index (κ2) is 5.82. The molecule has 4 heteroatoms. The minimum atomic E-state index is -0.269. The van der Waals surface area contributed by atoms with Gasteiger partial charge >= 0.3 is 0 Å². The molecule has 1 aromatic carbocycles. The Labute approximate surface area is 89.6 Å². The Bertz CT molecular complexity index is 300. The Balaban J connectivity index is 2.57. The van der Waals surface area contributed by atoms with Gasteiger partial charge in [-0.3, -0.25) is 10.4 Å². The van der Waals surface area contributed by atoms with E-state index >= 15 is 0 Å². The summed E-state index contributed by atoms with van der Waals surface area (Å²) in [4.78, 5) is 4.53. The fourth-order valence-corrected chi connectivity index (χ4v) is 1.45. The first-order valence-corrected chi connectivity index (χ1v) is 4.96. The average molecular weight is 211 g/mol. The maximum absolute atomic E-state index is 8.40. The van der Waals surface area contributed by atoms with E-state index in [4.69, 9.17) is 10.4 Å². The van der Waals surface area contributed by atoms with E-state index in [0.717, 1.165) is 12.0 Å². The largest absolute Gasteiger partial charge is 0.266 e.